The van der Waals surface area contributed by atoms with E-state index in [-0.39, 0.29) is 67.1 Å². The molecule has 2 aliphatic rings. The van der Waals surface area contributed by atoms with E-state index < -0.39 is 36.9 Å². The van der Waals surface area contributed by atoms with Gasteiger partial charge in [-0.2, -0.15) is 0 Å². The first-order valence-corrected chi connectivity index (χ1v) is 25.7. The van der Waals surface area contributed by atoms with Gasteiger partial charge in [0.1, 0.15) is 11.6 Å². The molecular weight excluding hydrogens is 588 g/mol. The summed E-state index contributed by atoms with van der Waals surface area (Å²) in [4.78, 5) is 13.2. The summed E-state index contributed by atoms with van der Waals surface area (Å²) in [6, 6.07) is 5.77. The molecule has 1 unspecified atom stereocenters. The number of halogens is 1. The summed E-state index contributed by atoms with van der Waals surface area (Å²) in [5.74, 6) is -0.479. The number of Topliss-reactive ketones (excluding diaryl/α,β-unsaturated/α-hetero) is 1. The fraction of sp³-hybridized carbons (Fsp3) is 0.774. The van der Waals surface area contributed by atoms with Gasteiger partial charge in [-0.1, -0.05) is 19.1 Å². The fourth-order valence-electron chi connectivity index (χ4n) is 5.81. The van der Waals surface area contributed by atoms with Crippen LogP contribution >= 0.6 is 0 Å². The Bertz CT molecular complexity index is 1040. The minimum absolute atomic E-state index is 0.0672. The average molecular weight is 643 g/mol. The summed E-state index contributed by atoms with van der Waals surface area (Å²) in [7, 11) is -5.72. The van der Waals surface area contributed by atoms with Crippen LogP contribution in [0, 0.1) is 17.7 Å². The number of hydrogen-bond donors (Lipinski definition) is 1. The number of ketones is 1. The lowest BCUT2D eigenvalue weighted by atomic mass is 9.85. The summed E-state index contributed by atoms with van der Waals surface area (Å²) in [5.41, 5.74) is 0.399. The largest absolute Gasteiger partial charge is 0.415 e. The Morgan fingerprint density at radius 3 is 2.17 bits per heavy atom. The van der Waals surface area contributed by atoms with Crippen molar-refractivity contribution in [3.05, 3.63) is 35.6 Å². The van der Waals surface area contributed by atoms with E-state index in [1.807, 2.05) is 0 Å². The van der Waals surface area contributed by atoms with Gasteiger partial charge in [0.15, 0.2) is 25.0 Å². The van der Waals surface area contributed by atoms with Crippen molar-refractivity contribution < 1.29 is 37.0 Å². The van der Waals surface area contributed by atoms with E-state index in [0.29, 0.717) is 18.6 Å². The Hall–Kier alpha value is -0.769. The first-order chi connectivity index (χ1) is 19.2. The molecule has 2 aliphatic heterocycles. The fourth-order valence-corrected chi connectivity index (χ4v) is 9.38. The maximum atomic E-state index is 13.7. The van der Waals surface area contributed by atoms with Gasteiger partial charge in [0.2, 0.25) is 0 Å². The Kier molecular flexibility index (Phi) is 12.0. The number of aliphatic hydroxyl groups excluding tert-OH is 1. The normalized spacial score (nSPS) is 29.2. The van der Waals surface area contributed by atoms with Gasteiger partial charge in [-0.3, -0.25) is 4.79 Å². The van der Waals surface area contributed by atoms with Gasteiger partial charge < -0.3 is 27.9 Å². The number of hydrogen-bond acceptors (Lipinski definition) is 7. The van der Waals surface area contributed by atoms with E-state index in [4.69, 9.17) is 22.8 Å². The van der Waals surface area contributed by atoms with Gasteiger partial charge in [0.05, 0.1) is 43.2 Å². The van der Waals surface area contributed by atoms with Crippen LogP contribution in [-0.4, -0.2) is 79.1 Å². The van der Waals surface area contributed by atoms with Crippen molar-refractivity contribution in [1.82, 2.24) is 0 Å². The van der Waals surface area contributed by atoms with Crippen LogP contribution in [0.25, 0.3) is 0 Å². The molecule has 0 bridgehead atoms. The Balaban J connectivity index is 1.74. The van der Waals surface area contributed by atoms with E-state index >= 15 is 0 Å². The van der Waals surface area contributed by atoms with Crippen molar-refractivity contribution in [3.63, 3.8) is 0 Å². The van der Waals surface area contributed by atoms with Crippen LogP contribution in [0.5, 0.6) is 0 Å². The Morgan fingerprint density at radius 1 is 0.976 bits per heavy atom. The van der Waals surface area contributed by atoms with Crippen molar-refractivity contribution in [1.29, 1.82) is 0 Å². The summed E-state index contributed by atoms with van der Waals surface area (Å²) < 4.78 is 46.3. The number of epoxide rings is 1. The molecule has 2 fully saturated rings. The third kappa shape index (κ3) is 11.3. The lowest BCUT2D eigenvalue weighted by Gasteiger charge is -2.47. The topological polar surface area (TPSA) is 86.8 Å². The number of carbonyl (C=O) groups is 1. The highest BCUT2D eigenvalue weighted by molar-refractivity contribution is 6.70. The average Bonchev–Trinajstić information content (AvgIpc) is 3.58. The van der Waals surface area contributed by atoms with Crippen LogP contribution in [0.1, 0.15) is 44.8 Å². The van der Waals surface area contributed by atoms with Crippen molar-refractivity contribution >= 4 is 30.7 Å². The van der Waals surface area contributed by atoms with Gasteiger partial charge in [0.25, 0.3) is 0 Å². The number of rotatable bonds is 15. The van der Waals surface area contributed by atoms with E-state index in [1.54, 1.807) is 12.1 Å². The maximum absolute atomic E-state index is 13.7. The third-order valence-electron chi connectivity index (χ3n) is 7.69. The molecule has 1 aromatic carbocycles. The second-order valence-electron chi connectivity index (χ2n) is 15.2. The van der Waals surface area contributed by atoms with Gasteiger partial charge in [-0.15, -0.1) is 0 Å². The zero-order valence-electron chi connectivity index (χ0n) is 27.6. The van der Waals surface area contributed by atoms with Crippen LogP contribution in [0.3, 0.4) is 0 Å². The molecule has 7 nitrogen and oxygen atoms in total. The monoisotopic (exact) mass is 642 g/mol. The van der Waals surface area contributed by atoms with E-state index in [1.165, 1.54) is 12.1 Å². The first-order valence-electron chi connectivity index (χ1n) is 15.5. The second kappa shape index (κ2) is 14.1. The summed E-state index contributed by atoms with van der Waals surface area (Å²) in [5, 5.41) is 10.6. The molecular formula is C31H55FO7Si3. The molecule has 1 aromatic rings. The number of aliphatic hydroxyl groups is 1. The molecule has 0 aliphatic carbocycles. The molecule has 0 radical (unpaired) electrons. The molecule has 0 aromatic heterocycles. The smallest absolute Gasteiger partial charge is 0.184 e. The van der Waals surface area contributed by atoms with Gasteiger partial charge in [-0.05, 0) is 83.5 Å². The highest BCUT2D eigenvalue weighted by Crippen LogP contribution is 2.40. The molecule has 9 atom stereocenters. The number of ether oxygens (including phenoxy) is 2. The lowest BCUT2D eigenvalue weighted by molar-refractivity contribution is -0.159. The molecule has 0 saturated carbocycles. The highest BCUT2D eigenvalue weighted by Gasteiger charge is 2.51. The zero-order valence-corrected chi connectivity index (χ0v) is 30.6. The van der Waals surface area contributed by atoms with E-state index in [9.17, 15) is 14.3 Å². The number of carbonyl (C=O) groups excluding carboxylic acids is 1. The third-order valence-corrected chi connectivity index (χ3v) is 10.7. The Morgan fingerprint density at radius 2 is 1.60 bits per heavy atom. The molecule has 0 amide bonds. The first kappa shape index (κ1) is 35.7. The molecule has 11 heteroatoms. The zero-order chi connectivity index (χ0) is 31.6. The lowest BCUT2D eigenvalue weighted by Crippen LogP contribution is -2.58. The second-order valence-corrected chi connectivity index (χ2v) is 28.6. The van der Waals surface area contributed by atoms with Gasteiger partial charge in [0, 0.05) is 37.2 Å². The van der Waals surface area contributed by atoms with Gasteiger partial charge in [-0.25, -0.2) is 4.39 Å². The highest BCUT2D eigenvalue weighted by atomic mass is 28.4. The van der Waals surface area contributed by atoms with Crippen LogP contribution in [-0.2, 0) is 27.5 Å². The molecule has 2 heterocycles. The van der Waals surface area contributed by atoms with Crippen LogP contribution < -0.4 is 0 Å². The van der Waals surface area contributed by atoms with E-state index in [2.05, 4.69) is 72.8 Å². The maximum Gasteiger partial charge on any atom is 0.184 e. The predicted octanol–water partition coefficient (Wildman–Crippen LogP) is 6.70. The summed E-state index contributed by atoms with van der Waals surface area (Å²) >= 11 is 0. The standard InChI is InChI=1S/C31H55FO7Si3/c1-20(21(2)37-40(3,4)5)29-28(36-29)18-27-31(39-42(9,10)11)30(38-41(6,7)8)23(19-35-27)16-25(33)17-26(34)22-13-12-14-24(32)15-22/h12-15,20-21,23,26-31,34H,16-19H2,1-11H3/t20-,21+,23+,26?,27+,28+,29+,30-,31-/m1/s1. The molecule has 240 valence electrons. The number of benzene rings is 1. The molecule has 0 spiro atoms. The van der Waals surface area contributed by atoms with Crippen LogP contribution in [0.15, 0.2) is 24.3 Å². The minimum Gasteiger partial charge on any atom is -0.415 e. The predicted molar refractivity (Wildman–Crippen MR) is 172 cm³/mol. The quantitative estimate of drug-likeness (QED) is 0.168. The van der Waals surface area contributed by atoms with Crippen LogP contribution in [0.2, 0.25) is 58.9 Å². The van der Waals surface area contributed by atoms with E-state index in [0.717, 1.165) is 0 Å². The summed E-state index contributed by atoms with van der Waals surface area (Å²) in [6.07, 6.45) is -0.777. The SMILES string of the molecule is C[C@@H]([C@@H]1O[C@H]1C[C@@H]1OC[C@H](CC(=O)CC(O)c2cccc(F)c2)[C@@H](O[Si](C)(C)C)[C@@H]1O[Si](C)(C)C)[C@H](C)O[Si](C)(C)C. The van der Waals surface area contributed by atoms with Crippen LogP contribution in [0.4, 0.5) is 4.39 Å². The van der Waals surface area contributed by atoms with Crippen molar-refractivity contribution in [2.45, 2.75) is 135 Å². The Labute approximate surface area is 256 Å². The minimum atomic E-state index is -2.04. The van der Waals surface area contributed by atoms with Crippen molar-refractivity contribution in [2.24, 2.45) is 11.8 Å². The van der Waals surface area contributed by atoms with Gasteiger partial charge >= 0.3 is 0 Å². The molecule has 1 N–H and O–H groups in total. The molecule has 3 rings (SSSR count). The van der Waals surface area contributed by atoms with Crippen molar-refractivity contribution in [3.8, 4) is 0 Å². The molecule has 2 saturated heterocycles. The van der Waals surface area contributed by atoms with Crippen molar-refractivity contribution in [2.75, 3.05) is 6.61 Å². The summed E-state index contributed by atoms with van der Waals surface area (Å²) in [6.45, 7) is 24.3. The molecule has 42 heavy (non-hydrogen) atoms.